The highest BCUT2D eigenvalue weighted by Crippen LogP contribution is 2.41. The summed E-state index contributed by atoms with van der Waals surface area (Å²) in [6.07, 6.45) is 5.65. The second-order valence-corrected chi connectivity index (χ2v) is 13.9. The molecule has 1 saturated carbocycles. The topological polar surface area (TPSA) is 79.0 Å². The van der Waals surface area contributed by atoms with E-state index >= 15 is 0 Å². The first-order valence-corrected chi connectivity index (χ1v) is 16.9. The highest BCUT2D eigenvalue weighted by Gasteiger charge is 2.41. The maximum atomic E-state index is 14.6. The Hall–Kier alpha value is -2.82. The van der Waals surface area contributed by atoms with Crippen molar-refractivity contribution in [3.8, 4) is 11.5 Å². The molecular weight excluding hydrogens is 617 g/mol. The Morgan fingerprint density at radius 3 is 2.70 bits per heavy atom. The van der Waals surface area contributed by atoms with E-state index < -0.39 is 0 Å². The molecule has 4 heterocycles. The number of hydrogen-bond donors (Lipinski definition) is 2. The Morgan fingerprint density at radius 1 is 1.14 bits per heavy atom. The molecule has 2 unspecified atom stereocenters. The molecule has 3 aromatic rings. The Bertz CT molecular complexity index is 1570. The summed E-state index contributed by atoms with van der Waals surface area (Å²) in [6, 6.07) is 12.0. The lowest BCUT2D eigenvalue weighted by atomic mass is 9.86. The van der Waals surface area contributed by atoms with E-state index in [1.807, 2.05) is 24.4 Å². The molecule has 0 radical (unpaired) electrons. The van der Waals surface area contributed by atoms with Crippen LogP contribution in [0.2, 0.25) is 10.0 Å². The molecular formula is C33H37Cl2N5O3S. The lowest BCUT2D eigenvalue weighted by Gasteiger charge is -2.40. The Morgan fingerprint density at radius 2 is 1.93 bits per heavy atom. The number of nitrogens with one attached hydrogen (secondary N) is 2. The van der Waals surface area contributed by atoms with Gasteiger partial charge >= 0.3 is 0 Å². The highest BCUT2D eigenvalue weighted by atomic mass is 35.5. The zero-order valence-electron chi connectivity index (χ0n) is 24.9. The summed E-state index contributed by atoms with van der Waals surface area (Å²) in [4.78, 5) is 24.9. The number of aromatic nitrogens is 1. The number of methoxy groups -OCH3 is 1. The number of hydrogen-bond acceptors (Lipinski definition) is 8. The van der Waals surface area contributed by atoms with Gasteiger partial charge in [0.15, 0.2) is 10.9 Å². The van der Waals surface area contributed by atoms with Gasteiger partial charge < -0.3 is 29.9 Å². The van der Waals surface area contributed by atoms with E-state index in [4.69, 9.17) is 37.7 Å². The van der Waals surface area contributed by atoms with Crippen LogP contribution in [0.4, 0.5) is 5.13 Å². The summed E-state index contributed by atoms with van der Waals surface area (Å²) >= 11 is 14.4. The summed E-state index contributed by atoms with van der Waals surface area (Å²) in [6.45, 7) is 5.80. The predicted molar refractivity (Wildman–Crippen MR) is 176 cm³/mol. The molecule has 2 N–H and O–H groups in total. The van der Waals surface area contributed by atoms with Crippen LogP contribution in [0, 0.1) is 6.92 Å². The third-order valence-corrected chi connectivity index (χ3v) is 10.9. The van der Waals surface area contributed by atoms with Crippen LogP contribution in [0.1, 0.15) is 41.7 Å². The van der Waals surface area contributed by atoms with Gasteiger partial charge in [0.25, 0.3) is 5.91 Å². The molecule has 7 rings (SSSR count). The van der Waals surface area contributed by atoms with E-state index in [2.05, 4.69) is 33.4 Å². The zero-order chi connectivity index (χ0) is 30.4. The smallest absolute Gasteiger partial charge is 0.252 e. The van der Waals surface area contributed by atoms with Gasteiger partial charge in [0.05, 0.1) is 34.6 Å². The fourth-order valence-corrected chi connectivity index (χ4v) is 8.16. The molecule has 2 aromatic carbocycles. The predicted octanol–water partition coefficient (Wildman–Crippen LogP) is 5.70. The quantitative estimate of drug-likeness (QED) is 0.307. The van der Waals surface area contributed by atoms with E-state index in [-0.39, 0.29) is 30.1 Å². The van der Waals surface area contributed by atoms with Crippen LogP contribution in [0.5, 0.6) is 11.5 Å². The van der Waals surface area contributed by atoms with E-state index in [0.29, 0.717) is 28.9 Å². The molecule has 1 aromatic heterocycles. The third kappa shape index (κ3) is 5.93. The van der Waals surface area contributed by atoms with Crippen molar-refractivity contribution in [3.63, 3.8) is 0 Å². The van der Waals surface area contributed by atoms with Gasteiger partial charge in [-0.05, 0) is 61.1 Å². The molecule has 2 saturated heterocycles. The number of amides is 1. The summed E-state index contributed by atoms with van der Waals surface area (Å²) < 4.78 is 11.8. The van der Waals surface area contributed by atoms with E-state index in [0.717, 1.165) is 83.3 Å². The largest absolute Gasteiger partial charge is 0.496 e. The number of piperazine rings is 1. The van der Waals surface area contributed by atoms with Gasteiger partial charge in [0, 0.05) is 56.5 Å². The first-order valence-electron chi connectivity index (χ1n) is 15.3. The molecule has 1 aliphatic carbocycles. The lowest BCUT2D eigenvalue weighted by Crippen LogP contribution is -2.59. The highest BCUT2D eigenvalue weighted by molar-refractivity contribution is 7.16. The Balaban J connectivity index is 1.15. The fourth-order valence-electron chi connectivity index (χ4n) is 6.65. The van der Waals surface area contributed by atoms with Gasteiger partial charge in [-0.2, -0.15) is 0 Å². The van der Waals surface area contributed by atoms with Crippen molar-refractivity contribution in [3.05, 3.63) is 74.2 Å². The molecule has 11 heteroatoms. The average molecular weight is 655 g/mol. The minimum Gasteiger partial charge on any atom is -0.496 e. The maximum Gasteiger partial charge on any atom is 0.252 e. The molecule has 3 atom stereocenters. The van der Waals surface area contributed by atoms with Crippen LogP contribution >= 0.6 is 34.5 Å². The second kappa shape index (κ2) is 12.5. The molecule has 4 aliphatic rings. The number of benzene rings is 2. The number of carbonyl (C=O) groups is 1. The summed E-state index contributed by atoms with van der Waals surface area (Å²) in [5.41, 5.74) is 4.23. The van der Waals surface area contributed by atoms with Crippen LogP contribution in [-0.4, -0.2) is 73.3 Å². The van der Waals surface area contributed by atoms with Crippen LogP contribution < -0.4 is 25.0 Å². The number of anilines is 1. The number of carbonyl (C=O) groups excluding carboxylic acids is 1. The average Bonchev–Trinajstić information content (AvgIpc) is 3.54. The summed E-state index contributed by atoms with van der Waals surface area (Å²) in [5, 5.41) is 9.27. The van der Waals surface area contributed by atoms with Gasteiger partial charge in [0.2, 0.25) is 0 Å². The number of ether oxygens (including phenoxy) is 2. The minimum absolute atomic E-state index is 0.0341. The molecule has 44 heavy (non-hydrogen) atoms. The van der Waals surface area contributed by atoms with Gasteiger partial charge in [-0.25, -0.2) is 4.98 Å². The first kappa shape index (κ1) is 29.9. The van der Waals surface area contributed by atoms with Crippen molar-refractivity contribution in [2.24, 2.45) is 0 Å². The van der Waals surface area contributed by atoms with Crippen molar-refractivity contribution in [2.75, 3.05) is 38.2 Å². The summed E-state index contributed by atoms with van der Waals surface area (Å²) in [5.74, 6) is 1.52. The number of rotatable bonds is 9. The minimum atomic E-state index is -0.0346. The lowest BCUT2D eigenvalue weighted by molar-refractivity contribution is -0.128. The van der Waals surface area contributed by atoms with Crippen molar-refractivity contribution < 1.29 is 14.3 Å². The van der Waals surface area contributed by atoms with Crippen molar-refractivity contribution in [1.29, 1.82) is 0 Å². The number of halogens is 2. The molecule has 8 nitrogen and oxygen atoms in total. The van der Waals surface area contributed by atoms with Gasteiger partial charge in [0.1, 0.15) is 11.9 Å². The SMILES string of the molecule is COc1cccc(CN(C(=O)C2=C(c3cnc(N4CC[C@@H](Oc5c(Cl)cccc5Cl)C4)s3)CC3CNCC2N3)C2CC2)c1C. The standard InChI is InChI=1S/C33H37Cl2N5O3S/c1-19-20(5-3-8-28(19)42-2)17-40(22-9-10-22)32(41)30-24(13-21-14-36-15-27(30)38-21)29-16-37-33(44-29)39-12-11-23(18-39)43-31-25(34)6-4-7-26(31)35/h3-8,16,21-23,27,36,38H,9-15,17-18H2,1-2H3/t21?,23-,27?/m1/s1. The molecule has 2 bridgehead atoms. The van der Waals surface area contributed by atoms with Crippen LogP contribution in [-0.2, 0) is 11.3 Å². The Kier molecular flexibility index (Phi) is 8.50. The number of thiazole rings is 1. The number of fused-ring (bicyclic) bond motifs is 2. The number of para-hydroxylation sites is 1. The van der Waals surface area contributed by atoms with Gasteiger partial charge in [-0.1, -0.05) is 52.7 Å². The molecule has 0 spiro atoms. The van der Waals surface area contributed by atoms with Crippen molar-refractivity contribution in [1.82, 2.24) is 20.5 Å². The summed E-state index contributed by atoms with van der Waals surface area (Å²) in [7, 11) is 1.69. The van der Waals surface area contributed by atoms with Crippen LogP contribution in [0.3, 0.4) is 0 Å². The van der Waals surface area contributed by atoms with E-state index in [9.17, 15) is 4.79 Å². The fraction of sp³-hybridized carbons (Fsp3) is 0.455. The first-order chi connectivity index (χ1) is 21.4. The van der Waals surface area contributed by atoms with Crippen LogP contribution in [0.15, 0.2) is 48.2 Å². The normalized spacial score (nSPS) is 23.2. The Labute approximate surface area is 272 Å². The molecule has 3 fully saturated rings. The van der Waals surface area contributed by atoms with Gasteiger partial charge in [-0.3, -0.25) is 4.79 Å². The van der Waals surface area contributed by atoms with Gasteiger partial charge in [-0.15, -0.1) is 0 Å². The molecule has 232 valence electrons. The number of nitrogens with zero attached hydrogens (tertiary/aromatic N) is 3. The van der Waals surface area contributed by atoms with E-state index in [1.165, 1.54) is 0 Å². The maximum absolute atomic E-state index is 14.6. The van der Waals surface area contributed by atoms with Crippen LogP contribution in [0.25, 0.3) is 5.57 Å². The second-order valence-electron chi connectivity index (χ2n) is 12.1. The van der Waals surface area contributed by atoms with Crippen molar-refractivity contribution in [2.45, 2.75) is 63.4 Å². The zero-order valence-corrected chi connectivity index (χ0v) is 27.3. The monoisotopic (exact) mass is 653 g/mol. The van der Waals surface area contributed by atoms with E-state index in [1.54, 1.807) is 30.6 Å². The third-order valence-electron chi connectivity index (χ3n) is 9.15. The van der Waals surface area contributed by atoms with Crippen molar-refractivity contribution >= 4 is 51.2 Å². The molecule has 3 aliphatic heterocycles. The molecule has 1 amide bonds.